The van der Waals surface area contributed by atoms with E-state index in [2.05, 4.69) is 20.8 Å². The fraction of sp³-hybridized carbons (Fsp3) is 0.176. The smallest absolute Gasteiger partial charge is 0.237 e. The van der Waals surface area contributed by atoms with Gasteiger partial charge in [0.25, 0.3) is 0 Å². The Morgan fingerprint density at radius 3 is 2.67 bits per heavy atom. The summed E-state index contributed by atoms with van der Waals surface area (Å²) in [6, 6.07) is 12.2. The van der Waals surface area contributed by atoms with Crippen LogP contribution in [0.4, 0.5) is 5.69 Å². The summed E-state index contributed by atoms with van der Waals surface area (Å²) >= 11 is 13.3. The van der Waals surface area contributed by atoms with Gasteiger partial charge in [-0.05, 0) is 59.8 Å². The topological polar surface area (TPSA) is 81.9 Å². The molecule has 1 aromatic heterocycles. The van der Waals surface area contributed by atoms with Crippen molar-refractivity contribution >= 4 is 46.6 Å². The molecule has 0 aliphatic heterocycles. The van der Waals surface area contributed by atoms with E-state index in [9.17, 15) is 4.79 Å². The predicted molar refractivity (Wildman–Crippen MR) is 106 cm³/mol. The lowest BCUT2D eigenvalue weighted by Crippen LogP contribution is -2.23. The molecule has 0 bridgehead atoms. The molecule has 0 aliphatic rings. The maximum atomic E-state index is 12.5. The van der Waals surface area contributed by atoms with E-state index in [1.165, 1.54) is 11.8 Å². The van der Waals surface area contributed by atoms with Gasteiger partial charge < -0.3 is 10.1 Å². The normalized spacial score (nSPS) is 11.9. The summed E-state index contributed by atoms with van der Waals surface area (Å²) in [5.74, 6) is 0.487. The van der Waals surface area contributed by atoms with Crippen LogP contribution in [-0.4, -0.2) is 38.5 Å². The zero-order valence-electron chi connectivity index (χ0n) is 14.4. The minimum absolute atomic E-state index is 0.242. The molecule has 0 spiro atoms. The first-order chi connectivity index (χ1) is 13.0. The van der Waals surface area contributed by atoms with Gasteiger partial charge in [-0.3, -0.25) is 4.79 Å². The van der Waals surface area contributed by atoms with Crippen molar-refractivity contribution < 1.29 is 9.53 Å². The van der Waals surface area contributed by atoms with Gasteiger partial charge in [0, 0.05) is 5.02 Å². The molecule has 0 saturated heterocycles. The Balaban J connectivity index is 1.72. The van der Waals surface area contributed by atoms with E-state index in [1.54, 1.807) is 36.9 Å². The van der Waals surface area contributed by atoms with Gasteiger partial charge in [-0.25, -0.2) is 0 Å². The van der Waals surface area contributed by atoms with Crippen LogP contribution in [0.15, 0.2) is 47.6 Å². The van der Waals surface area contributed by atoms with Crippen molar-refractivity contribution in [2.45, 2.75) is 17.3 Å². The number of hydrogen-bond acceptors (Lipinski definition) is 6. The number of halogens is 2. The summed E-state index contributed by atoms with van der Waals surface area (Å²) < 4.78 is 6.70. The summed E-state index contributed by atoms with van der Waals surface area (Å²) in [7, 11) is 1.60. The van der Waals surface area contributed by atoms with Crippen LogP contribution in [0.5, 0.6) is 5.75 Å². The van der Waals surface area contributed by atoms with Crippen LogP contribution in [0.1, 0.15) is 6.92 Å². The van der Waals surface area contributed by atoms with Crippen LogP contribution in [0.3, 0.4) is 0 Å². The number of nitrogens with zero attached hydrogens (tertiary/aromatic N) is 4. The summed E-state index contributed by atoms with van der Waals surface area (Å²) in [6.45, 7) is 1.76. The number of anilines is 1. The minimum atomic E-state index is -0.469. The van der Waals surface area contributed by atoms with Crippen molar-refractivity contribution in [3.63, 3.8) is 0 Å². The standard InChI is InChI=1S/C17H15Cl2N5O2S/c1-10(16(25)20-15-9-11(18)3-8-14(15)19)27-17-21-22-23-24(17)12-4-6-13(26-2)7-5-12/h3-10H,1-2H3,(H,20,25)/t10-/m0/s1. The first-order valence-electron chi connectivity index (χ1n) is 7.83. The number of ether oxygens (including phenoxy) is 1. The molecule has 7 nitrogen and oxygen atoms in total. The molecule has 0 aliphatic carbocycles. The third kappa shape index (κ3) is 4.71. The Morgan fingerprint density at radius 1 is 1.22 bits per heavy atom. The van der Waals surface area contributed by atoms with E-state index < -0.39 is 5.25 Å². The van der Waals surface area contributed by atoms with E-state index in [4.69, 9.17) is 27.9 Å². The lowest BCUT2D eigenvalue weighted by atomic mass is 10.3. The fourth-order valence-electron chi connectivity index (χ4n) is 2.18. The van der Waals surface area contributed by atoms with Crippen LogP contribution < -0.4 is 10.1 Å². The zero-order valence-corrected chi connectivity index (χ0v) is 16.7. The van der Waals surface area contributed by atoms with Gasteiger partial charge in [0.2, 0.25) is 11.1 Å². The molecule has 3 rings (SSSR count). The third-order valence-electron chi connectivity index (χ3n) is 3.60. The first-order valence-corrected chi connectivity index (χ1v) is 9.47. The van der Waals surface area contributed by atoms with Gasteiger partial charge >= 0.3 is 0 Å². The van der Waals surface area contributed by atoms with E-state index in [-0.39, 0.29) is 5.91 Å². The Labute approximate surface area is 170 Å². The van der Waals surface area contributed by atoms with E-state index >= 15 is 0 Å². The number of amides is 1. The number of nitrogens with one attached hydrogen (secondary N) is 1. The van der Waals surface area contributed by atoms with Crippen molar-refractivity contribution in [1.29, 1.82) is 0 Å². The van der Waals surface area contributed by atoms with Crippen molar-refractivity contribution in [1.82, 2.24) is 20.2 Å². The molecule has 3 aromatic rings. The number of carbonyl (C=O) groups is 1. The van der Waals surface area contributed by atoms with Gasteiger partial charge in [0.1, 0.15) is 5.75 Å². The Kier molecular flexibility index (Phi) is 6.20. The van der Waals surface area contributed by atoms with Gasteiger partial charge in [-0.2, -0.15) is 4.68 Å². The summed E-state index contributed by atoms with van der Waals surface area (Å²) in [5, 5.41) is 15.4. The lowest BCUT2D eigenvalue weighted by Gasteiger charge is -2.13. The molecule has 0 saturated carbocycles. The van der Waals surface area contributed by atoms with E-state index in [0.29, 0.717) is 20.9 Å². The molecule has 140 valence electrons. The van der Waals surface area contributed by atoms with Crippen LogP contribution in [0.2, 0.25) is 10.0 Å². The molecular formula is C17H15Cl2N5O2S. The number of thioether (sulfide) groups is 1. The fourth-order valence-corrected chi connectivity index (χ4v) is 3.32. The highest BCUT2D eigenvalue weighted by molar-refractivity contribution is 8.00. The maximum absolute atomic E-state index is 12.5. The molecule has 10 heteroatoms. The summed E-state index contributed by atoms with van der Waals surface area (Å²) in [6.07, 6.45) is 0. The zero-order chi connectivity index (χ0) is 19.4. The molecule has 0 fully saturated rings. The number of hydrogen-bond donors (Lipinski definition) is 1. The highest BCUT2D eigenvalue weighted by Gasteiger charge is 2.20. The van der Waals surface area contributed by atoms with E-state index in [0.717, 1.165) is 11.4 Å². The molecule has 0 radical (unpaired) electrons. The highest BCUT2D eigenvalue weighted by Crippen LogP contribution is 2.28. The van der Waals surface area contributed by atoms with Gasteiger partial charge in [-0.1, -0.05) is 35.0 Å². The number of rotatable bonds is 6. The molecule has 27 heavy (non-hydrogen) atoms. The van der Waals surface area contributed by atoms with Crippen molar-refractivity contribution in [3.8, 4) is 11.4 Å². The molecule has 0 unspecified atom stereocenters. The Bertz CT molecular complexity index is 949. The Hall–Kier alpha value is -2.29. The van der Waals surface area contributed by atoms with Crippen LogP contribution in [0, 0.1) is 0 Å². The predicted octanol–water partition coefficient (Wildman–Crippen LogP) is 4.10. The van der Waals surface area contributed by atoms with Gasteiger partial charge in [0.15, 0.2) is 0 Å². The number of carbonyl (C=O) groups excluding carboxylic acids is 1. The number of methoxy groups -OCH3 is 1. The monoisotopic (exact) mass is 423 g/mol. The summed E-state index contributed by atoms with van der Waals surface area (Å²) in [5.41, 5.74) is 1.21. The van der Waals surface area contributed by atoms with E-state index in [1.807, 2.05) is 24.3 Å². The molecule has 1 N–H and O–H groups in total. The minimum Gasteiger partial charge on any atom is -0.497 e. The molecule has 1 amide bonds. The quantitative estimate of drug-likeness (QED) is 0.600. The van der Waals surface area contributed by atoms with Crippen molar-refractivity contribution in [3.05, 3.63) is 52.5 Å². The Morgan fingerprint density at radius 2 is 1.96 bits per heavy atom. The number of benzene rings is 2. The SMILES string of the molecule is COc1ccc(-n2nnnc2S[C@@H](C)C(=O)Nc2cc(Cl)ccc2Cl)cc1. The number of aromatic nitrogens is 4. The molecule has 1 heterocycles. The maximum Gasteiger partial charge on any atom is 0.237 e. The average Bonchev–Trinajstić information content (AvgIpc) is 3.12. The second-order valence-electron chi connectivity index (χ2n) is 5.44. The van der Waals surface area contributed by atoms with Gasteiger partial charge in [0.05, 0.1) is 28.8 Å². The second-order valence-corrected chi connectivity index (χ2v) is 7.60. The summed E-state index contributed by atoms with van der Waals surface area (Å²) in [4.78, 5) is 12.5. The van der Waals surface area contributed by atoms with Crippen molar-refractivity contribution in [2.24, 2.45) is 0 Å². The second kappa shape index (κ2) is 8.60. The van der Waals surface area contributed by atoms with Crippen LogP contribution in [-0.2, 0) is 4.79 Å². The highest BCUT2D eigenvalue weighted by atomic mass is 35.5. The van der Waals surface area contributed by atoms with Crippen LogP contribution >= 0.6 is 35.0 Å². The molecule has 2 aromatic carbocycles. The molecular weight excluding hydrogens is 409 g/mol. The lowest BCUT2D eigenvalue weighted by molar-refractivity contribution is -0.115. The third-order valence-corrected chi connectivity index (χ3v) is 5.19. The molecule has 1 atom stereocenters. The largest absolute Gasteiger partial charge is 0.497 e. The average molecular weight is 424 g/mol. The first kappa shape index (κ1) is 19.5. The van der Waals surface area contributed by atoms with Crippen LogP contribution in [0.25, 0.3) is 5.69 Å². The number of tetrazole rings is 1. The van der Waals surface area contributed by atoms with Gasteiger partial charge in [-0.15, -0.1) is 5.10 Å². The van der Waals surface area contributed by atoms with Crippen molar-refractivity contribution in [2.75, 3.05) is 12.4 Å².